The molecule has 33 heavy (non-hydrogen) atoms. The Morgan fingerprint density at radius 3 is 2.24 bits per heavy atom. The molecular formula is C25H32N4O4. The summed E-state index contributed by atoms with van der Waals surface area (Å²) in [6, 6.07) is 12.0. The second-order valence-corrected chi connectivity index (χ2v) is 8.05. The number of carbonyl (C=O) groups excluding carboxylic acids is 1. The maximum atomic E-state index is 12.9. The highest BCUT2D eigenvalue weighted by Gasteiger charge is 2.24. The van der Waals surface area contributed by atoms with Gasteiger partial charge in [0.25, 0.3) is 0 Å². The molecule has 1 aliphatic heterocycles. The zero-order valence-corrected chi connectivity index (χ0v) is 19.8. The summed E-state index contributed by atoms with van der Waals surface area (Å²) < 4.78 is 18.5. The molecule has 1 aromatic heterocycles. The molecular weight excluding hydrogens is 420 g/mol. The molecule has 2 heterocycles. The fraction of sp³-hybridized carbons (Fsp3) is 0.440. The van der Waals surface area contributed by atoms with Gasteiger partial charge in [0, 0.05) is 39.1 Å². The number of anilines is 1. The standard InChI is InChI=1S/C25H32N4O4/c1-5-29-20-9-7-6-8-19(20)26-25(29)28-14-12-27(13-15-28)23(30)11-10-18-16-21(31-2)24(33-4)22(17-18)32-3/h6-9,16-17H,5,10-15H2,1-4H3. The first-order valence-electron chi connectivity index (χ1n) is 11.4. The number of hydrogen-bond acceptors (Lipinski definition) is 6. The van der Waals surface area contributed by atoms with Crippen LogP contribution in [0.25, 0.3) is 11.0 Å². The zero-order chi connectivity index (χ0) is 23.4. The summed E-state index contributed by atoms with van der Waals surface area (Å²) in [5, 5.41) is 0. The Labute approximate surface area is 194 Å². The first-order valence-corrected chi connectivity index (χ1v) is 11.4. The van der Waals surface area contributed by atoms with Crippen molar-refractivity contribution in [3.63, 3.8) is 0 Å². The minimum Gasteiger partial charge on any atom is -0.493 e. The minimum absolute atomic E-state index is 0.160. The number of fused-ring (bicyclic) bond motifs is 1. The SMILES string of the molecule is CCn1c(N2CCN(C(=O)CCc3cc(OC)c(OC)c(OC)c3)CC2)nc2ccccc21. The predicted octanol–water partition coefficient (Wildman–Crippen LogP) is 3.36. The van der Waals surface area contributed by atoms with E-state index in [0.717, 1.165) is 42.2 Å². The number of hydrogen-bond donors (Lipinski definition) is 0. The van der Waals surface area contributed by atoms with Gasteiger partial charge in [-0.25, -0.2) is 4.98 Å². The number of benzene rings is 2. The average molecular weight is 453 g/mol. The average Bonchev–Trinajstić information content (AvgIpc) is 3.25. The molecule has 0 unspecified atom stereocenters. The molecule has 3 aromatic rings. The fourth-order valence-electron chi connectivity index (χ4n) is 4.46. The van der Waals surface area contributed by atoms with Crippen LogP contribution in [-0.2, 0) is 17.8 Å². The van der Waals surface area contributed by atoms with Gasteiger partial charge >= 0.3 is 0 Å². The van der Waals surface area contributed by atoms with Gasteiger partial charge in [0.05, 0.1) is 32.4 Å². The first kappa shape index (κ1) is 22.8. The molecule has 8 heteroatoms. The minimum atomic E-state index is 0.160. The molecule has 0 aliphatic carbocycles. The lowest BCUT2D eigenvalue weighted by atomic mass is 10.1. The van der Waals surface area contributed by atoms with Crippen molar-refractivity contribution in [3.05, 3.63) is 42.0 Å². The van der Waals surface area contributed by atoms with Crippen LogP contribution in [0.2, 0.25) is 0 Å². The lowest BCUT2D eigenvalue weighted by Crippen LogP contribution is -2.49. The van der Waals surface area contributed by atoms with Crippen molar-refractivity contribution < 1.29 is 19.0 Å². The van der Waals surface area contributed by atoms with Crippen molar-refractivity contribution in [2.75, 3.05) is 52.4 Å². The third-order valence-corrected chi connectivity index (χ3v) is 6.22. The lowest BCUT2D eigenvalue weighted by molar-refractivity contribution is -0.131. The van der Waals surface area contributed by atoms with Crippen LogP contribution in [0.15, 0.2) is 36.4 Å². The summed E-state index contributed by atoms with van der Waals surface area (Å²) in [6.45, 7) is 5.95. The van der Waals surface area contributed by atoms with E-state index in [2.05, 4.69) is 22.5 Å². The molecule has 1 saturated heterocycles. The van der Waals surface area contributed by atoms with Gasteiger partial charge in [-0.05, 0) is 43.2 Å². The number of piperazine rings is 1. The third-order valence-electron chi connectivity index (χ3n) is 6.22. The highest BCUT2D eigenvalue weighted by atomic mass is 16.5. The van der Waals surface area contributed by atoms with E-state index in [-0.39, 0.29) is 5.91 Å². The molecule has 176 valence electrons. The molecule has 0 saturated carbocycles. The van der Waals surface area contributed by atoms with Gasteiger partial charge in [-0.15, -0.1) is 0 Å². The summed E-state index contributed by atoms with van der Waals surface area (Å²) in [5.41, 5.74) is 3.14. The molecule has 8 nitrogen and oxygen atoms in total. The predicted molar refractivity (Wildman–Crippen MR) is 129 cm³/mol. The van der Waals surface area contributed by atoms with E-state index in [9.17, 15) is 4.79 Å². The van der Waals surface area contributed by atoms with Crippen LogP contribution in [0.3, 0.4) is 0 Å². The summed E-state index contributed by atoms with van der Waals surface area (Å²) in [7, 11) is 4.77. The Hall–Kier alpha value is -3.42. The van der Waals surface area contributed by atoms with Gasteiger partial charge in [0.15, 0.2) is 11.5 Å². The Morgan fingerprint density at radius 2 is 1.64 bits per heavy atom. The van der Waals surface area contributed by atoms with E-state index < -0.39 is 0 Å². The van der Waals surface area contributed by atoms with E-state index in [1.807, 2.05) is 35.2 Å². The van der Waals surface area contributed by atoms with Gasteiger partial charge in [0.1, 0.15) is 0 Å². The Bertz CT molecular complexity index is 1090. The molecule has 0 atom stereocenters. The van der Waals surface area contributed by atoms with Gasteiger partial charge in [-0.2, -0.15) is 0 Å². The van der Waals surface area contributed by atoms with Crippen molar-refractivity contribution in [2.45, 2.75) is 26.3 Å². The van der Waals surface area contributed by atoms with Crippen LogP contribution >= 0.6 is 0 Å². The number of amides is 1. The van der Waals surface area contributed by atoms with E-state index >= 15 is 0 Å². The number of ether oxygens (including phenoxy) is 3. The molecule has 4 rings (SSSR count). The normalized spacial score (nSPS) is 13.9. The number of aryl methyl sites for hydroxylation is 2. The maximum Gasteiger partial charge on any atom is 0.223 e. The number of rotatable bonds is 8. The number of methoxy groups -OCH3 is 3. The Kier molecular flexibility index (Phi) is 6.91. The molecule has 0 radical (unpaired) electrons. The van der Waals surface area contributed by atoms with Gasteiger partial charge < -0.3 is 28.6 Å². The van der Waals surface area contributed by atoms with Crippen molar-refractivity contribution >= 4 is 22.9 Å². The summed E-state index contributed by atoms with van der Waals surface area (Å²) in [4.78, 5) is 22.0. The molecule has 1 aliphatic rings. The largest absolute Gasteiger partial charge is 0.493 e. The lowest BCUT2D eigenvalue weighted by Gasteiger charge is -2.35. The molecule has 0 spiro atoms. The number of para-hydroxylation sites is 2. The first-order chi connectivity index (χ1) is 16.1. The second-order valence-electron chi connectivity index (χ2n) is 8.05. The number of carbonyl (C=O) groups is 1. The Balaban J connectivity index is 1.38. The number of aromatic nitrogens is 2. The number of imidazole rings is 1. The highest BCUT2D eigenvalue weighted by molar-refractivity contribution is 5.79. The quantitative estimate of drug-likeness (QED) is 0.522. The molecule has 0 bridgehead atoms. The van der Waals surface area contributed by atoms with Crippen molar-refractivity contribution in [2.24, 2.45) is 0 Å². The van der Waals surface area contributed by atoms with E-state index in [4.69, 9.17) is 19.2 Å². The van der Waals surface area contributed by atoms with Crippen molar-refractivity contribution in [1.82, 2.24) is 14.5 Å². The number of nitrogens with zero attached hydrogens (tertiary/aromatic N) is 4. The Morgan fingerprint density at radius 1 is 0.970 bits per heavy atom. The molecule has 0 N–H and O–H groups in total. The summed E-state index contributed by atoms with van der Waals surface area (Å²) in [6.07, 6.45) is 1.05. The highest BCUT2D eigenvalue weighted by Crippen LogP contribution is 2.38. The van der Waals surface area contributed by atoms with Crippen LogP contribution in [0.1, 0.15) is 18.9 Å². The van der Waals surface area contributed by atoms with Crippen LogP contribution in [0.5, 0.6) is 17.2 Å². The summed E-state index contributed by atoms with van der Waals surface area (Å²) in [5.74, 6) is 2.92. The van der Waals surface area contributed by atoms with E-state index in [0.29, 0.717) is 43.2 Å². The topological polar surface area (TPSA) is 69.1 Å². The molecule has 2 aromatic carbocycles. The van der Waals surface area contributed by atoms with Gasteiger partial charge in [0.2, 0.25) is 17.6 Å². The van der Waals surface area contributed by atoms with Gasteiger partial charge in [-0.3, -0.25) is 4.79 Å². The monoisotopic (exact) mass is 452 g/mol. The zero-order valence-electron chi connectivity index (χ0n) is 19.8. The van der Waals surface area contributed by atoms with Crippen LogP contribution < -0.4 is 19.1 Å². The van der Waals surface area contributed by atoms with E-state index in [1.165, 1.54) is 0 Å². The van der Waals surface area contributed by atoms with Crippen LogP contribution in [-0.4, -0.2) is 67.9 Å². The second kappa shape index (κ2) is 10.0. The van der Waals surface area contributed by atoms with Crippen LogP contribution in [0, 0.1) is 0 Å². The third kappa shape index (κ3) is 4.55. The van der Waals surface area contributed by atoms with Gasteiger partial charge in [-0.1, -0.05) is 12.1 Å². The van der Waals surface area contributed by atoms with E-state index in [1.54, 1.807) is 21.3 Å². The van der Waals surface area contributed by atoms with Crippen molar-refractivity contribution in [3.8, 4) is 17.2 Å². The van der Waals surface area contributed by atoms with Crippen LogP contribution in [0.4, 0.5) is 5.95 Å². The maximum absolute atomic E-state index is 12.9. The fourth-order valence-corrected chi connectivity index (χ4v) is 4.46. The smallest absolute Gasteiger partial charge is 0.223 e. The van der Waals surface area contributed by atoms with Crippen molar-refractivity contribution in [1.29, 1.82) is 0 Å². The molecule has 1 amide bonds. The molecule has 1 fully saturated rings. The summed E-state index contributed by atoms with van der Waals surface area (Å²) >= 11 is 0.